The van der Waals surface area contributed by atoms with E-state index < -0.39 is 0 Å². The summed E-state index contributed by atoms with van der Waals surface area (Å²) in [4.78, 5) is 4.26. The predicted molar refractivity (Wildman–Crippen MR) is 64.0 cm³/mol. The molecule has 0 spiro atoms. The number of nitrogens with one attached hydrogen (secondary N) is 1. The lowest BCUT2D eigenvalue weighted by atomic mass is 10.1. The van der Waals surface area contributed by atoms with Crippen LogP contribution in [0, 0.1) is 12.8 Å². The monoisotopic (exact) mass is 220 g/mol. The second-order valence-corrected chi connectivity index (χ2v) is 4.64. The van der Waals surface area contributed by atoms with E-state index in [2.05, 4.69) is 16.4 Å². The molecule has 0 aromatic carbocycles. The molecule has 1 aromatic rings. The lowest BCUT2D eigenvalue weighted by Gasteiger charge is -2.15. The van der Waals surface area contributed by atoms with E-state index in [0.717, 1.165) is 31.6 Å². The molecule has 1 aliphatic carbocycles. The molecule has 2 rings (SSSR count). The number of aromatic nitrogens is 1. The van der Waals surface area contributed by atoms with Crippen LogP contribution in [0.15, 0.2) is 18.3 Å². The number of pyridine rings is 1. The summed E-state index contributed by atoms with van der Waals surface area (Å²) in [6.45, 7) is 3.79. The maximum atomic E-state index is 9.69. The number of rotatable bonds is 4. The third-order valence-electron chi connectivity index (χ3n) is 3.46. The Morgan fingerprint density at radius 1 is 1.50 bits per heavy atom. The third-order valence-corrected chi connectivity index (χ3v) is 3.46. The number of aliphatic hydroxyl groups excluding tert-OH is 1. The van der Waals surface area contributed by atoms with Crippen LogP contribution in [0.2, 0.25) is 0 Å². The van der Waals surface area contributed by atoms with Crippen molar-refractivity contribution in [2.45, 2.75) is 38.8 Å². The molecule has 88 valence electrons. The van der Waals surface area contributed by atoms with Crippen molar-refractivity contribution in [2.75, 3.05) is 6.54 Å². The van der Waals surface area contributed by atoms with Gasteiger partial charge in [-0.15, -0.1) is 0 Å². The average molecular weight is 220 g/mol. The zero-order chi connectivity index (χ0) is 11.4. The standard InChI is InChI=1S/C13H20N2O/c1-10-11(5-3-7-15-10)8-14-9-12-4-2-6-13(12)16/h3,5,7,12-14,16H,2,4,6,8-9H2,1H3. The zero-order valence-electron chi connectivity index (χ0n) is 9.82. The predicted octanol–water partition coefficient (Wildman–Crippen LogP) is 1.64. The van der Waals surface area contributed by atoms with Crippen molar-refractivity contribution in [3.8, 4) is 0 Å². The number of nitrogens with zero attached hydrogens (tertiary/aromatic N) is 1. The van der Waals surface area contributed by atoms with Gasteiger partial charge in [0.25, 0.3) is 0 Å². The highest BCUT2D eigenvalue weighted by molar-refractivity contribution is 5.17. The fourth-order valence-corrected chi connectivity index (χ4v) is 2.35. The minimum absolute atomic E-state index is 0.0949. The molecule has 0 aliphatic heterocycles. The highest BCUT2D eigenvalue weighted by Gasteiger charge is 2.24. The number of hydrogen-bond donors (Lipinski definition) is 2. The highest BCUT2D eigenvalue weighted by atomic mass is 16.3. The smallest absolute Gasteiger partial charge is 0.0580 e. The minimum Gasteiger partial charge on any atom is -0.393 e. The molecule has 1 aliphatic rings. The van der Waals surface area contributed by atoms with Gasteiger partial charge in [0.05, 0.1) is 6.10 Å². The minimum atomic E-state index is -0.0949. The second-order valence-electron chi connectivity index (χ2n) is 4.64. The summed E-state index contributed by atoms with van der Waals surface area (Å²) >= 11 is 0. The number of hydrogen-bond acceptors (Lipinski definition) is 3. The van der Waals surface area contributed by atoms with E-state index in [0.29, 0.717) is 5.92 Å². The molecule has 1 heterocycles. The van der Waals surface area contributed by atoms with Crippen molar-refractivity contribution in [1.82, 2.24) is 10.3 Å². The van der Waals surface area contributed by atoms with Crippen LogP contribution in [-0.2, 0) is 6.54 Å². The molecular formula is C13H20N2O. The SMILES string of the molecule is Cc1ncccc1CNCC1CCCC1O. The largest absolute Gasteiger partial charge is 0.393 e. The molecule has 1 aromatic heterocycles. The van der Waals surface area contributed by atoms with Crippen LogP contribution >= 0.6 is 0 Å². The van der Waals surface area contributed by atoms with Crippen LogP contribution in [0.5, 0.6) is 0 Å². The average Bonchev–Trinajstić information content (AvgIpc) is 2.67. The van der Waals surface area contributed by atoms with Crippen LogP contribution in [0.4, 0.5) is 0 Å². The highest BCUT2D eigenvalue weighted by Crippen LogP contribution is 2.24. The molecule has 1 saturated carbocycles. The van der Waals surface area contributed by atoms with Gasteiger partial charge in [-0.1, -0.05) is 12.5 Å². The van der Waals surface area contributed by atoms with E-state index in [4.69, 9.17) is 0 Å². The molecule has 0 saturated heterocycles. The van der Waals surface area contributed by atoms with Crippen molar-refractivity contribution < 1.29 is 5.11 Å². The first-order chi connectivity index (χ1) is 7.77. The maximum absolute atomic E-state index is 9.69. The molecule has 2 atom stereocenters. The Morgan fingerprint density at radius 2 is 2.38 bits per heavy atom. The van der Waals surface area contributed by atoms with Gasteiger partial charge in [0, 0.05) is 25.0 Å². The fraction of sp³-hybridized carbons (Fsp3) is 0.615. The topological polar surface area (TPSA) is 45.2 Å². The number of aliphatic hydroxyl groups is 1. The van der Waals surface area contributed by atoms with Crippen molar-refractivity contribution in [3.05, 3.63) is 29.6 Å². The van der Waals surface area contributed by atoms with Gasteiger partial charge in [0.15, 0.2) is 0 Å². The van der Waals surface area contributed by atoms with Crippen LogP contribution in [0.1, 0.15) is 30.5 Å². The Bertz CT molecular complexity index is 340. The van der Waals surface area contributed by atoms with Crippen molar-refractivity contribution in [3.63, 3.8) is 0 Å². The molecule has 1 fully saturated rings. The molecule has 3 nitrogen and oxygen atoms in total. The third kappa shape index (κ3) is 2.80. The molecule has 16 heavy (non-hydrogen) atoms. The zero-order valence-corrected chi connectivity index (χ0v) is 9.82. The van der Waals surface area contributed by atoms with Crippen molar-refractivity contribution >= 4 is 0 Å². The lowest BCUT2D eigenvalue weighted by molar-refractivity contribution is 0.131. The van der Waals surface area contributed by atoms with Crippen LogP contribution < -0.4 is 5.32 Å². The summed E-state index contributed by atoms with van der Waals surface area (Å²) in [6, 6.07) is 4.06. The summed E-state index contributed by atoms with van der Waals surface area (Å²) in [5, 5.41) is 13.1. The van der Waals surface area contributed by atoms with Gasteiger partial charge in [0.2, 0.25) is 0 Å². The first kappa shape index (κ1) is 11.6. The van der Waals surface area contributed by atoms with E-state index in [1.54, 1.807) is 0 Å². The first-order valence-electron chi connectivity index (χ1n) is 6.06. The van der Waals surface area contributed by atoms with E-state index in [-0.39, 0.29) is 6.10 Å². The van der Waals surface area contributed by atoms with E-state index in [1.807, 2.05) is 19.2 Å². The Labute approximate surface area is 96.9 Å². The Hall–Kier alpha value is -0.930. The number of aryl methyl sites for hydroxylation is 1. The molecule has 0 amide bonds. The van der Waals surface area contributed by atoms with Gasteiger partial charge >= 0.3 is 0 Å². The van der Waals surface area contributed by atoms with Gasteiger partial charge < -0.3 is 10.4 Å². The van der Waals surface area contributed by atoms with E-state index >= 15 is 0 Å². The quantitative estimate of drug-likeness (QED) is 0.811. The fourth-order valence-electron chi connectivity index (χ4n) is 2.35. The van der Waals surface area contributed by atoms with Crippen molar-refractivity contribution in [2.24, 2.45) is 5.92 Å². The van der Waals surface area contributed by atoms with Crippen molar-refractivity contribution in [1.29, 1.82) is 0 Å². The normalized spacial score (nSPS) is 24.9. The van der Waals surface area contributed by atoms with Gasteiger partial charge in [-0.2, -0.15) is 0 Å². The summed E-state index contributed by atoms with van der Waals surface area (Å²) in [7, 11) is 0. The summed E-state index contributed by atoms with van der Waals surface area (Å²) in [6.07, 6.45) is 5.01. The van der Waals surface area contributed by atoms with Gasteiger partial charge in [-0.25, -0.2) is 0 Å². The molecule has 2 unspecified atom stereocenters. The van der Waals surface area contributed by atoms with Gasteiger partial charge in [0.1, 0.15) is 0 Å². The van der Waals surface area contributed by atoms with Crippen LogP contribution in [0.3, 0.4) is 0 Å². The Kier molecular flexibility index (Phi) is 3.91. The lowest BCUT2D eigenvalue weighted by Crippen LogP contribution is -2.27. The van der Waals surface area contributed by atoms with Gasteiger partial charge in [-0.05, 0) is 37.3 Å². The Morgan fingerprint density at radius 3 is 3.06 bits per heavy atom. The Balaban J connectivity index is 1.78. The summed E-state index contributed by atoms with van der Waals surface area (Å²) < 4.78 is 0. The van der Waals surface area contributed by atoms with Gasteiger partial charge in [-0.3, -0.25) is 4.98 Å². The molecular weight excluding hydrogens is 200 g/mol. The summed E-state index contributed by atoms with van der Waals surface area (Å²) in [5.74, 6) is 0.442. The van der Waals surface area contributed by atoms with Crippen LogP contribution in [-0.4, -0.2) is 22.7 Å². The summed E-state index contributed by atoms with van der Waals surface area (Å²) in [5.41, 5.74) is 2.33. The van der Waals surface area contributed by atoms with E-state index in [1.165, 1.54) is 12.0 Å². The first-order valence-corrected chi connectivity index (χ1v) is 6.06. The molecule has 2 N–H and O–H groups in total. The van der Waals surface area contributed by atoms with Crippen LogP contribution in [0.25, 0.3) is 0 Å². The molecule has 0 radical (unpaired) electrons. The van der Waals surface area contributed by atoms with E-state index in [9.17, 15) is 5.11 Å². The molecule has 0 bridgehead atoms. The second kappa shape index (κ2) is 5.41. The maximum Gasteiger partial charge on any atom is 0.0580 e. The molecule has 3 heteroatoms.